The highest BCUT2D eigenvalue weighted by molar-refractivity contribution is 5.80. The summed E-state index contributed by atoms with van der Waals surface area (Å²) in [6.45, 7) is 3.55. The number of amides is 2. The zero-order valence-electron chi connectivity index (χ0n) is 19.3. The van der Waals surface area contributed by atoms with Crippen LogP contribution in [-0.2, 0) is 16.2 Å². The summed E-state index contributed by atoms with van der Waals surface area (Å²) in [6, 6.07) is 17.3. The lowest BCUT2D eigenvalue weighted by molar-refractivity contribution is -0.141. The van der Waals surface area contributed by atoms with Crippen LogP contribution in [0.5, 0.6) is 11.5 Å². The number of ether oxygens (including phenoxy) is 2. The third-order valence-corrected chi connectivity index (χ3v) is 6.55. The Morgan fingerprint density at radius 3 is 1.97 bits per heavy atom. The van der Waals surface area contributed by atoms with E-state index in [1.165, 1.54) is 12.8 Å². The van der Waals surface area contributed by atoms with E-state index in [-0.39, 0.29) is 24.3 Å². The van der Waals surface area contributed by atoms with Crippen LogP contribution in [0.1, 0.15) is 44.1 Å². The summed E-state index contributed by atoms with van der Waals surface area (Å²) in [4.78, 5) is 29.3. The Hall–Kier alpha value is -3.02. The second-order valence-corrected chi connectivity index (χ2v) is 8.93. The highest BCUT2D eigenvalue weighted by Gasteiger charge is 2.30. The zero-order chi connectivity index (χ0) is 22.9. The van der Waals surface area contributed by atoms with Crippen molar-refractivity contribution >= 4 is 11.8 Å². The van der Waals surface area contributed by atoms with Crippen LogP contribution in [0.25, 0.3) is 0 Å². The molecule has 2 aromatic carbocycles. The number of rotatable bonds is 7. The molecular formula is C27H34N2O4. The van der Waals surface area contributed by atoms with Crippen LogP contribution in [0.3, 0.4) is 0 Å². The number of piperidine rings is 1. The quantitative estimate of drug-likeness (QED) is 0.632. The van der Waals surface area contributed by atoms with E-state index in [9.17, 15) is 9.59 Å². The van der Waals surface area contributed by atoms with Crippen molar-refractivity contribution < 1.29 is 19.1 Å². The standard InChI is InChI=1S/C27H34N2O4/c30-26(28-18-14-23(15-19-28)27(31)29-16-6-1-2-7-17-29)21-33-25-12-10-24(11-13-25)32-20-22-8-4-3-5-9-22/h3-5,8-13,23H,1-2,6-7,14-21H2. The van der Waals surface area contributed by atoms with E-state index in [2.05, 4.69) is 0 Å². The third-order valence-electron chi connectivity index (χ3n) is 6.55. The predicted octanol–water partition coefficient (Wildman–Crippen LogP) is 4.29. The van der Waals surface area contributed by atoms with Gasteiger partial charge < -0.3 is 19.3 Å². The van der Waals surface area contributed by atoms with E-state index in [1.807, 2.05) is 64.4 Å². The molecule has 0 bridgehead atoms. The minimum absolute atomic E-state index is 0.00889. The average Bonchev–Trinajstić information content (AvgIpc) is 3.17. The molecule has 0 aliphatic carbocycles. The van der Waals surface area contributed by atoms with Gasteiger partial charge in [0.15, 0.2) is 6.61 Å². The van der Waals surface area contributed by atoms with Crippen molar-refractivity contribution in [3.05, 3.63) is 60.2 Å². The van der Waals surface area contributed by atoms with Gasteiger partial charge in [0, 0.05) is 32.1 Å². The molecule has 2 aliphatic rings. The first-order valence-electron chi connectivity index (χ1n) is 12.2. The molecule has 0 spiro atoms. The van der Waals surface area contributed by atoms with Crippen molar-refractivity contribution in [2.24, 2.45) is 5.92 Å². The summed E-state index contributed by atoms with van der Waals surface area (Å²) in [5.74, 6) is 1.71. The van der Waals surface area contributed by atoms with Crippen LogP contribution >= 0.6 is 0 Å². The van der Waals surface area contributed by atoms with Crippen molar-refractivity contribution in [3.8, 4) is 11.5 Å². The van der Waals surface area contributed by atoms with Gasteiger partial charge >= 0.3 is 0 Å². The molecule has 0 radical (unpaired) electrons. The molecule has 2 saturated heterocycles. The summed E-state index contributed by atoms with van der Waals surface area (Å²) >= 11 is 0. The summed E-state index contributed by atoms with van der Waals surface area (Å²) in [5.41, 5.74) is 1.11. The Morgan fingerprint density at radius 1 is 0.727 bits per heavy atom. The summed E-state index contributed by atoms with van der Waals surface area (Å²) < 4.78 is 11.5. The molecule has 0 N–H and O–H groups in total. The first-order chi connectivity index (χ1) is 16.2. The fourth-order valence-corrected chi connectivity index (χ4v) is 4.53. The first-order valence-corrected chi connectivity index (χ1v) is 12.2. The van der Waals surface area contributed by atoms with E-state index in [0.717, 1.165) is 50.1 Å². The van der Waals surface area contributed by atoms with Crippen LogP contribution in [0.2, 0.25) is 0 Å². The van der Waals surface area contributed by atoms with Crippen molar-refractivity contribution in [1.29, 1.82) is 0 Å². The molecule has 0 aromatic heterocycles. The van der Waals surface area contributed by atoms with Crippen molar-refractivity contribution in [3.63, 3.8) is 0 Å². The van der Waals surface area contributed by atoms with Gasteiger partial charge in [0.25, 0.3) is 5.91 Å². The minimum Gasteiger partial charge on any atom is -0.489 e. The highest BCUT2D eigenvalue weighted by Crippen LogP contribution is 2.23. The molecule has 33 heavy (non-hydrogen) atoms. The highest BCUT2D eigenvalue weighted by atomic mass is 16.5. The molecule has 2 fully saturated rings. The SMILES string of the molecule is O=C(COc1ccc(OCc2ccccc2)cc1)N1CCC(C(=O)N2CCCCCC2)CC1. The molecule has 176 valence electrons. The van der Waals surface area contributed by atoms with Gasteiger partial charge in [-0.05, 0) is 55.5 Å². The van der Waals surface area contributed by atoms with Crippen molar-refractivity contribution in [2.45, 2.75) is 45.1 Å². The Labute approximate surface area is 196 Å². The molecule has 4 rings (SSSR count). The minimum atomic E-state index is -0.0277. The van der Waals surface area contributed by atoms with Crippen LogP contribution in [0.15, 0.2) is 54.6 Å². The molecule has 0 unspecified atom stereocenters. The molecule has 6 nitrogen and oxygen atoms in total. The van der Waals surface area contributed by atoms with Gasteiger partial charge in [-0.15, -0.1) is 0 Å². The first kappa shape index (κ1) is 23.1. The Bertz CT molecular complexity index is 884. The molecule has 2 amide bonds. The predicted molar refractivity (Wildman–Crippen MR) is 127 cm³/mol. The lowest BCUT2D eigenvalue weighted by atomic mass is 9.95. The largest absolute Gasteiger partial charge is 0.489 e. The van der Waals surface area contributed by atoms with Crippen molar-refractivity contribution in [1.82, 2.24) is 9.80 Å². The van der Waals surface area contributed by atoms with E-state index < -0.39 is 0 Å². The smallest absolute Gasteiger partial charge is 0.260 e. The average molecular weight is 451 g/mol. The normalized spacial score (nSPS) is 17.3. The Kier molecular flexibility index (Phi) is 8.23. The van der Waals surface area contributed by atoms with Crippen LogP contribution in [0.4, 0.5) is 0 Å². The maximum Gasteiger partial charge on any atom is 0.260 e. The third kappa shape index (κ3) is 6.73. The van der Waals surface area contributed by atoms with Gasteiger partial charge in [-0.3, -0.25) is 9.59 Å². The Balaban J connectivity index is 1.17. The fraction of sp³-hybridized carbons (Fsp3) is 0.481. The molecule has 0 atom stereocenters. The lowest BCUT2D eigenvalue weighted by Gasteiger charge is -2.34. The van der Waals surface area contributed by atoms with Gasteiger partial charge in [-0.25, -0.2) is 0 Å². The number of carbonyl (C=O) groups is 2. The molecule has 2 aliphatic heterocycles. The molecule has 2 aromatic rings. The van der Waals surface area contributed by atoms with E-state index in [4.69, 9.17) is 9.47 Å². The maximum atomic E-state index is 12.8. The molecular weight excluding hydrogens is 416 g/mol. The summed E-state index contributed by atoms with van der Waals surface area (Å²) in [7, 11) is 0. The lowest BCUT2D eigenvalue weighted by Crippen LogP contribution is -2.45. The molecule has 6 heteroatoms. The molecule has 2 heterocycles. The number of likely N-dealkylation sites (tertiary alicyclic amines) is 2. The topological polar surface area (TPSA) is 59.1 Å². The zero-order valence-corrected chi connectivity index (χ0v) is 19.3. The van der Waals surface area contributed by atoms with Gasteiger partial charge in [0.2, 0.25) is 5.91 Å². The van der Waals surface area contributed by atoms with Crippen LogP contribution in [-0.4, -0.2) is 54.4 Å². The maximum absolute atomic E-state index is 12.8. The number of hydrogen-bond acceptors (Lipinski definition) is 4. The molecule has 0 saturated carbocycles. The Morgan fingerprint density at radius 2 is 1.33 bits per heavy atom. The number of hydrogen-bond donors (Lipinski definition) is 0. The number of benzene rings is 2. The second-order valence-electron chi connectivity index (χ2n) is 8.93. The monoisotopic (exact) mass is 450 g/mol. The van der Waals surface area contributed by atoms with Gasteiger partial charge in [-0.1, -0.05) is 43.2 Å². The van der Waals surface area contributed by atoms with Gasteiger partial charge in [0.1, 0.15) is 18.1 Å². The number of carbonyl (C=O) groups excluding carboxylic acids is 2. The second kappa shape index (κ2) is 11.7. The van der Waals surface area contributed by atoms with Crippen LogP contribution in [0, 0.1) is 5.92 Å². The van der Waals surface area contributed by atoms with Gasteiger partial charge in [0.05, 0.1) is 0 Å². The van der Waals surface area contributed by atoms with Gasteiger partial charge in [-0.2, -0.15) is 0 Å². The summed E-state index contributed by atoms with van der Waals surface area (Å²) in [6.07, 6.45) is 6.16. The van der Waals surface area contributed by atoms with E-state index in [0.29, 0.717) is 25.4 Å². The number of nitrogens with zero attached hydrogens (tertiary/aromatic N) is 2. The van der Waals surface area contributed by atoms with E-state index >= 15 is 0 Å². The van der Waals surface area contributed by atoms with E-state index in [1.54, 1.807) is 0 Å². The van der Waals surface area contributed by atoms with Crippen LogP contribution < -0.4 is 9.47 Å². The van der Waals surface area contributed by atoms with Crippen molar-refractivity contribution in [2.75, 3.05) is 32.8 Å². The fourth-order valence-electron chi connectivity index (χ4n) is 4.53. The summed E-state index contributed by atoms with van der Waals surface area (Å²) in [5, 5.41) is 0.